The van der Waals surface area contributed by atoms with Crippen molar-refractivity contribution in [3.63, 3.8) is 0 Å². The molecule has 4 rings (SSSR count). The molecule has 1 aliphatic heterocycles. The van der Waals surface area contributed by atoms with E-state index >= 15 is 0 Å². The highest BCUT2D eigenvalue weighted by atomic mass is 19.3. The number of hydrogen-bond acceptors (Lipinski definition) is 6. The number of nitrogens with one attached hydrogen (secondary N) is 1. The summed E-state index contributed by atoms with van der Waals surface area (Å²) in [5, 5.41) is 3.26. The van der Waals surface area contributed by atoms with Crippen LogP contribution in [0.1, 0.15) is 34.8 Å². The normalized spacial score (nSPS) is 14.4. The molecule has 3 aromatic rings. The highest BCUT2D eigenvalue weighted by Crippen LogP contribution is 2.29. The van der Waals surface area contributed by atoms with Crippen LogP contribution in [0.5, 0.6) is 5.75 Å². The fourth-order valence-corrected chi connectivity index (χ4v) is 4.07. The highest BCUT2D eigenvalue weighted by molar-refractivity contribution is 6.05. The molecule has 0 saturated carbocycles. The predicted octanol–water partition coefficient (Wildman–Crippen LogP) is 4.47. The fourth-order valence-electron chi connectivity index (χ4n) is 4.07. The summed E-state index contributed by atoms with van der Waals surface area (Å²) in [7, 11) is 0. The number of rotatable bonds is 9. The molecule has 7 nitrogen and oxygen atoms in total. The second-order valence-electron chi connectivity index (χ2n) is 8.40. The lowest BCUT2D eigenvalue weighted by molar-refractivity contribution is 0.0342. The van der Waals surface area contributed by atoms with E-state index in [4.69, 9.17) is 13.9 Å². The van der Waals surface area contributed by atoms with Gasteiger partial charge < -0.3 is 19.2 Å². The Morgan fingerprint density at radius 1 is 1.14 bits per heavy atom. The van der Waals surface area contributed by atoms with Crippen molar-refractivity contribution >= 4 is 22.6 Å². The number of fused-ring (bicyclic) bond motifs is 1. The molecule has 9 heteroatoms. The van der Waals surface area contributed by atoms with Crippen LogP contribution in [-0.4, -0.2) is 50.1 Å². The molecule has 0 bridgehead atoms. The number of carbonyl (C=O) groups excluding carboxylic acids is 1. The van der Waals surface area contributed by atoms with E-state index in [1.165, 1.54) is 6.07 Å². The molecular formula is C26H28F2N2O5. The zero-order valence-corrected chi connectivity index (χ0v) is 19.5. The summed E-state index contributed by atoms with van der Waals surface area (Å²) in [4.78, 5) is 27.8. The minimum atomic E-state index is -2.62. The van der Waals surface area contributed by atoms with Crippen LogP contribution in [0.4, 0.5) is 14.5 Å². The van der Waals surface area contributed by atoms with Crippen molar-refractivity contribution in [3.8, 4) is 5.75 Å². The van der Waals surface area contributed by atoms with Crippen molar-refractivity contribution in [2.45, 2.75) is 32.7 Å². The van der Waals surface area contributed by atoms with Gasteiger partial charge in [0.25, 0.3) is 12.3 Å². The third-order valence-electron chi connectivity index (χ3n) is 5.79. The molecule has 1 aromatic heterocycles. The van der Waals surface area contributed by atoms with Crippen LogP contribution in [0.2, 0.25) is 0 Å². The summed E-state index contributed by atoms with van der Waals surface area (Å²) < 4.78 is 41.3. The van der Waals surface area contributed by atoms with Crippen molar-refractivity contribution < 1.29 is 27.5 Å². The lowest BCUT2D eigenvalue weighted by Gasteiger charge is -2.26. The largest absolute Gasteiger partial charge is 0.487 e. The quantitative estimate of drug-likeness (QED) is 0.450. The number of nitrogens with zero attached hydrogens (tertiary/aromatic N) is 1. The molecule has 0 unspecified atom stereocenters. The van der Waals surface area contributed by atoms with Gasteiger partial charge in [0.1, 0.15) is 23.5 Å². The number of hydrogen-bond donors (Lipinski definition) is 1. The van der Waals surface area contributed by atoms with Crippen molar-refractivity contribution in [2.75, 3.05) is 38.2 Å². The van der Waals surface area contributed by atoms with E-state index in [9.17, 15) is 18.4 Å². The number of benzene rings is 2. The molecule has 2 aromatic carbocycles. The van der Waals surface area contributed by atoms with E-state index in [0.717, 1.165) is 38.4 Å². The molecule has 1 N–H and O–H groups in total. The van der Waals surface area contributed by atoms with Crippen LogP contribution in [0.3, 0.4) is 0 Å². The Labute approximate surface area is 201 Å². The Hall–Kier alpha value is -3.30. The van der Waals surface area contributed by atoms with Gasteiger partial charge in [-0.25, -0.2) is 13.6 Å². The second-order valence-corrected chi connectivity index (χ2v) is 8.40. The number of morpholine rings is 1. The minimum absolute atomic E-state index is 0.140. The summed E-state index contributed by atoms with van der Waals surface area (Å²) in [6, 6.07) is 12.1. The smallest absolute Gasteiger partial charge is 0.349 e. The van der Waals surface area contributed by atoms with Crippen molar-refractivity contribution in [2.24, 2.45) is 0 Å². The summed E-state index contributed by atoms with van der Waals surface area (Å²) in [5.41, 5.74) is 1.50. The van der Waals surface area contributed by atoms with E-state index in [-0.39, 0.29) is 16.9 Å². The van der Waals surface area contributed by atoms with Gasteiger partial charge in [0, 0.05) is 36.3 Å². The molecule has 2 heterocycles. The maximum absolute atomic E-state index is 12.8. The van der Waals surface area contributed by atoms with Crippen molar-refractivity contribution in [1.82, 2.24) is 4.90 Å². The Bertz CT molecular complexity index is 1220. The summed E-state index contributed by atoms with van der Waals surface area (Å²) >= 11 is 0. The first-order valence-electron chi connectivity index (χ1n) is 11.7. The van der Waals surface area contributed by atoms with E-state index < -0.39 is 24.6 Å². The number of alkyl halides is 2. The number of ether oxygens (including phenoxy) is 2. The van der Waals surface area contributed by atoms with Gasteiger partial charge >= 0.3 is 5.63 Å². The number of aryl methyl sites for hydroxylation is 1. The maximum atomic E-state index is 12.8. The third-order valence-corrected chi connectivity index (χ3v) is 5.79. The van der Waals surface area contributed by atoms with Crippen molar-refractivity contribution in [3.05, 3.63) is 69.6 Å². The van der Waals surface area contributed by atoms with E-state index in [1.54, 1.807) is 24.3 Å². The van der Waals surface area contributed by atoms with E-state index in [2.05, 4.69) is 10.2 Å². The van der Waals surface area contributed by atoms with Crippen LogP contribution in [0.15, 0.2) is 51.7 Å². The summed E-state index contributed by atoms with van der Waals surface area (Å²) in [6.45, 7) is 5.19. The molecule has 0 aliphatic carbocycles. The number of carbonyl (C=O) groups is 1. The molecular weight excluding hydrogens is 458 g/mol. The van der Waals surface area contributed by atoms with Gasteiger partial charge in [-0.2, -0.15) is 0 Å². The van der Waals surface area contributed by atoms with Gasteiger partial charge in [0.2, 0.25) is 0 Å². The minimum Gasteiger partial charge on any atom is -0.487 e. The SMILES string of the molecule is CCCc1c(OCC(F)F)ccc2cc(C(=O)Nc3ccc(CN4CCOCC4)cc3)c(=O)oc12. The first-order chi connectivity index (χ1) is 16.9. The Morgan fingerprint density at radius 3 is 2.57 bits per heavy atom. The maximum Gasteiger partial charge on any atom is 0.349 e. The molecule has 1 aliphatic rings. The molecule has 0 atom stereocenters. The second kappa shape index (κ2) is 11.4. The Kier molecular flexibility index (Phi) is 8.09. The highest BCUT2D eigenvalue weighted by Gasteiger charge is 2.19. The monoisotopic (exact) mass is 486 g/mol. The van der Waals surface area contributed by atoms with Gasteiger partial charge in [-0.3, -0.25) is 9.69 Å². The lowest BCUT2D eigenvalue weighted by Crippen LogP contribution is -2.35. The van der Waals surface area contributed by atoms with Crippen molar-refractivity contribution in [1.29, 1.82) is 0 Å². The Morgan fingerprint density at radius 2 is 1.89 bits per heavy atom. The van der Waals surface area contributed by atoms with Gasteiger partial charge in [0.05, 0.1) is 13.2 Å². The zero-order chi connectivity index (χ0) is 24.8. The molecule has 35 heavy (non-hydrogen) atoms. The topological polar surface area (TPSA) is 81.0 Å². The summed E-state index contributed by atoms with van der Waals surface area (Å²) in [6.07, 6.45) is -1.45. The molecule has 186 valence electrons. The fraction of sp³-hybridized carbons (Fsp3) is 0.385. The van der Waals surface area contributed by atoms with Crippen LogP contribution < -0.4 is 15.7 Å². The van der Waals surface area contributed by atoms with Gasteiger partial charge in [-0.05, 0) is 42.3 Å². The number of anilines is 1. The van der Waals surface area contributed by atoms with Gasteiger partial charge in [-0.1, -0.05) is 25.5 Å². The predicted molar refractivity (Wildman–Crippen MR) is 128 cm³/mol. The first kappa shape index (κ1) is 24.8. The van der Waals surface area contributed by atoms with Crippen LogP contribution in [0, 0.1) is 0 Å². The number of amides is 1. The third kappa shape index (κ3) is 6.23. The Balaban J connectivity index is 1.51. The molecule has 1 amide bonds. The average Bonchev–Trinajstić information content (AvgIpc) is 2.85. The van der Waals surface area contributed by atoms with Crippen LogP contribution >= 0.6 is 0 Å². The number of halogens is 2. The molecule has 1 fully saturated rings. The van der Waals surface area contributed by atoms with E-state index in [0.29, 0.717) is 29.5 Å². The lowest BCUT2D eigenvalue weighted by atomic mass is 10.0. The van der Waals surface area contributed by atoms with Gasteiger partial charge in [-0.15, -0.1) is 0 Å². The summed E-state index contributed by atoms with van der Waals surface area (Å²) in [5.74, 6) is -0.339. The first-order valence-corrected chi connectivity index (χ1v) is 11.7. The standard InChI is InChI=1S/C26H28F2N2O5/c1-2-3-20-22(34-16-23(27)28)9-6-18-14-21(26(32)35-24(18)20)25(31)29-19-7-4-17(5-8-19)15-30-10-12-33-13-11-30/h4-9,14,23H,2-3,10-13,15-16H2,1H3,(H,29,31). The zero-order valence-electron chi connectivity index (χ0n) is 19.5. The molecule has 0 spiro atoms. The van der Waals surface area contributed by atoms with Gasteiger partial charge in [0.15, 0.2) is 0 Å². The average molecular weight is 487 g/mol. The molecule has 0 radical (unpaired) electrons. The van der Waals surface area contributed by atoms with E-state index in [1.807, 2.05) is 19.1 Å². The van der Waals surface area contributed by atoms with Crippen LogP contribution in [-0.2, 0) is 17.7 Å². The molecule has 1 saturated heterocycles. The van der Waals surface area contributed by atoms with Crippen LogP contribution in [0.25, 0.3) is 11.0 Å².